The molecule has 1 aliphatic carbocycles. The Labute approximate surface area is 147 Å². The number of hydrogen-bond acceptors (Lipinski definition) is 5. The van der Waals surface area contributed by atoms with Gasteiger partial charge in [-0.3, -0.25) is 14.5 Å². The van der Waals surface area contributed by atoms with E-state index in [1.54, 1.807) is 4.90 Å². The summed E-state index contributed by atoms with van der Waals surface area (Å²) >= 11 is 0. The third kappa shape index (κ3) is 3.63. The van der Waals surface area contributed by atoms with Crippen molar-refractivity contribution in [2.75, 3.05) is 19.9 Å². The van der Waals surface area contributed by atoms with Crippen LogP contribution in [0.1, 0.15) is 37.7 Å². The number of benzene rings is 1. The van der Waals surface area contributed by atoms with Crippen LogP contribution < -0.4 is 14.8 Å². The number of fused-ring (bicyclic) bond motifs is 1. The van der Waals surface area contributed by atoms with Crippen molar-refractivity contribution >= 4 is 11.8 Å². The molecule has 25 heavy (non-hydrogen) atoms. The standard InChI is InChI=1S/C19H24N2O4/c22-18(8-4-13-3-7-16-17(10-13)25-12-24-16)21(15-5-6-15)19(23)14-2-1-9-20-11-14/h3,7,10,14-15,20H,1-2,4-6,8-9,11-12H2. The van der Waals surface area contributed by atoms with Crippen molar-refractivity contribution in [3.05, 3.63) is 23.8 Å². The van der Waals surface area contributed by atoms with E-state index < -0.39 is 0 Å². The van der Waals surface area contributed by atoms with E-state index in [0.717, 1.165) is 49.3 Å². The zero-order chi connectivity index (χ0) is 17.2. The molecule has 1 saturated carbocycles. The van der Waals surface area contributed by atoms with E-state index in [4.69, 9.17) is 9.47 Å². The highest BCUT2D eigenvalue weighted by atomic mass is 16.7. The summed E-state index contributed by atoms with van der Waals surface area (Å²) in [7, 11) is 0. The van der Waals surface area contributed by atoms with Crippen LogP contribution in [0, 0.1) is 5.92 Å². The van der Waals surface area contributed by atoms with Gasteiger partial charge in [0, 0.05) is 19.0 Å². The van der Waals surface area contributed by atoms with Gasteiger partial charge < -0.3 is 14.8 Å². The number of imide groups is 1. The smallest absolute Gasteiger partial charge is 0.233 e. The molecule has 1 aromatic carbocycles. The fraction of sp³-hybridized carbons (Fsp3) is 0.579. The first-order valence-corrected chi connectivity index (χ1v) is 9.17. The minimum atomic E-state index is -0.0520. The molecular weight excluding hydrogens is 320 g/mol. The second-order valence-electron chi connectivity index (χ2n) is 7.06. The first-order valence-electron chi connectivity index (χ1n) is 9.17. The highest BCUT2D eigenvalue weighted by Crippen LogP contribution is 2.33. The second kappa shape index (κ2) is 7.04. The fourth-order valence-corrected chi connectivity index (χ4v) is 3.57. The summed E-state index contributed by atoms with van der Waals surface area (Å²) in [6.45, 7) is 1.90. The van der Waals surface area contributed by atoms with Gasteiger partial charge in [-0.25, -0.2) is 0 Å². The van der Waals surface area contributed by atoms with Gasteiger partial charge in [0.25, 0.3) is 0 Å². The van der Waals surface area contributed by atoms with Crippen LogP contribution in [0.4, 0.5) is 0 Å². The monoisotopic (exact) mass is 344 g/mol. The van der Waals surface area contributed by atoms with Crippen LogP contribution in [0.3, 0.4) is 0 Å². The minimum absolute atomic E-state index is 0.0189. The van der Waals surface area contributed by atoms with Gasteiger partial charge in [0.15, 0.2) is 11.5 Å². The van der Waals surface area contributed by atoms with Crippen molar-refractivity contribution in [2.45, 2.75) is 44.6 Å². The zero-order valence-corrected chi connectivity index (χ0v) is 14.3. The van der Waals surface area contributed by atoms with E-state index >= 15 is 0 Å². The number of carbonyl (C=O) groups excluding carboxylic acids is 2. The highest BCUT2D eigenvalue weighted by Gasteiger charge is 2.39. The molecule has 2 amide bonds. The molecule has 1 saturated heterocycles. The lowest BCUT2D eigenvalue weighted by molar-refractivity contribution is -0.148. The highest BCUT2D eigenvalue weighted by molar-refractivity contribution is 5.97. The molecule has 134 valence electrons. The molecule has 1 N–H and O–H groups in total. The Bertz CT molecular complexity index is 665. The maximum Gasteiger partial charge on any atom is 0.233 e. The zero-order valence-electron chi connectivity index (χ0n) is 14.3. The van der Waals surface area contributed by atoms with Gasteiger partial charge in [0.1, 0.15) is 0 Å². The average molecular weight is 344 g/mol. The number of nitrogens with zero attached hydrogens (tertiary/aromatic N) is 1. The van der Waals surface area contributed by atoms with Crippen molar-refractivity contribution in [3.8, 4) is 11.5 Å². The quantitative estimate of drug-likeness (QED) is 0.883. The van der Waals surface area contributed by atoms with E-state index in [2.05, 4.69) is 5.32 Å². The van der Waals surface area contributed by atoms with Crippen LogP contribution in [0.15, 0.2) is 18.2 Å². The van der Waals surface area contributed by atoms with Crippen molar-refractivity contribution in [2.24, 2.45) is 5.92 Å². The molecule has 0 bridgehead atoms. The molecule has 6 nitrogen and oxygen atoms in total. The minimum Gasteiger partial charge on any atom is -0.454 e. The van der Waals surface area contributed by atoms with Gasteiger partial charge >= 0.3 is 0 Å². The normalized spacial score (nSPS) is 21.8. The lowest BCUT2D eigenvalue weighted by Crippen LogP contribution is -2.46. The predicted octanol–water partition coefficient (Wildman–Crippen LogP) is 1.87. The Hall–Kier alpha value is -2.08. The number of amides is 2. The van der Waals surface area contributed by atoms with Gasteiger partial charge in [-0.1, -0.05) is 6.07 Å². The molecule has 4 rings (SSSR count). The van der Waals surface area contributed by atoms with Crippen molar-refractivity contribution in [1.82, 2.24) is 10.2 Å². The third-order valence-electron chi connectivity index (χ3n) is 5.13. The van der Waals surface area contributed by atoms with Crippen LogP contribution in [0.2, 0.25) is 0 Å². The van der Waals surface area contributed by atoms with E-state index in [0.29, 0.717) is 19.4 Å². The molecule has 2 aliphatic heterocycles. The SMILES string of the molecule is O=C(CCc1ccc2c(c1)OCO2)N(C(=O)C1CCCNC1)C1CC1. The summed E-state index contributed by atoms with van der Waals surface area (Å²) < 4.78 is 10.7. The summed E-state index contributed by atoms with van der Waals surface area (Å²) in [5.41, 5.74) is 1.03. The maximum atomic E-state index is 12.8. The number of carbonyl (C=O) groups is 2. The molecule has 3 aliphatic rings. The first-order chi connectivity index (χ1) is 12.2. The lowest BCUT2D eigenvalue weighted by atomic mass is 9.97. The second-order valence-corrected chi connectivity index (χ2v) is 7.06. The largest absolute Gasteiger partial charge is 0.454 e. The molecule has 2 heterocycles. The molecule has 1 atom stereocenters. The summed E-state index contributed by atoms with van der Waals surface area (Å²) in [6.07, 6.45) is 4.73. The number of piperidine rings is 1. The first kappa shape index (κ1) is 16.4. The maximum absolute atomic E-state index is 12.8. The molecule has 6 heteroatoms. The third-order valence-corrected chi connectivity index (χ3v) is 5.13. The van der Waals surface area contributed by atoms with Crippen LogP contribution in [0.25, 0.3) is 0 Å². The molecular formula is C19H24N2O4. The summed E-state index contributed by atoms with van der Waals surface area (Å²) in [6, 6.07) is 5.87. The Kier molecular flexibility index (Phi) is 4.61. The van der Waals surface area contributed by atoms with Crippen molar-refractivity contribution in [3.63, 3.8) is 0 Å². The number of nitrogens with one attached hydrogen (secondary N) is 1. The predicted molar refractivity (Wildman–Crippen MR) is 91.4 cm³/mol. The summed E-state index contributed by atoms with van der Waals surface area (Å²) in [5.74, 6) is 1.40. The van der Waals surface area contributed by atoms with Gasteiger partial charge in [-0.2, -0.15) is 0 Å². The number of rotatable bonds is 5. The van der Waals surface area contributed by atoms with Gasteiger partial charge in [0.05, 0.1) is 5.92 Å². The van der Waals surface area contributed by atoms with Crippen LogP contribution in [0.5, 0.6) is 11.5 Å². The summed E-state index contributed by atoms with van der Waals surface area (Å²) in [4.78, 5) is 27.1. The van der Waals surface area contributed by atoms with Crippen molar-refractivity contribution < 1.29 is 19.1 Å². The van der Waals surface area contributed by atoms with Crippen LogP contribution in [-0.4, -0.2) is 42.6 Å². The van der Waals surface area contributed by atoms with Gasteiger partial charge in [-0.15, -0.1) is 0 Å². The Morgan fingerprint density at radius 1 is 1.16 bits per heavy atom. The molecule has 1 aromatic rings. The fourth-order valence-electron chi connectivity index (χ4n) is 3.57. The molecule has 0 aromatic heterocycles. The topological polar surface area (TPSA) is 67.9 Å². The average Bonchev–Trinajstić information content (AvgIpc) is 3.36. The van der Waals surface area contributed by atoms with E-state index in [-0.39, 0.29) is 30.6 Å². The van der Waals surface area contributed by atoms with Gasteiger partial charge in [-0.05, 0) is 56.3 Å². The van der Waals surface area contributed by atoms with Crippen LogP contribution >= 0.6 is 0 Å². The van der Waals surface area contributed by atoms with E-state index in [1.807, 2.05) is 18.2 Å². The van der Waals surface area contributed by atoms with Crippen LogP contribution in [-0.2, 0) is 16.0 Å². The Balaban J connectivity index is 1.38. The van der Waals surface area contributed by atoms with Gasteiger partial charge in [0.2, 0.25) is 18.6 Å². The van der Waals surface area contributed by atoms with Crippen molar-refractivity contribution in [1.29, 1.82) is 0 Å². The number of hydrogen-bond donors (Lipinski definition) is 1. The Morgan fingerprint density at radius 2 is 2.00 bits per heavy atom. The number of ether oxygens (including phenoxy) is 2. The van der Waals surface area contributed by atoms with E-state index in [1.165, 1.54) is 0 Å². The molecule has 0 spiro atoms. The van der Waals surface area contributed by atoms with E-state index in [9.17, 15) is 9.59 Å². The Morgan fingerprint density at radius 3 is 2.76 bits per heavy atom. The summed E-state index contributed by atoms with van der Waals surface area (Å²) in [5, 5.41) is 3.27. The lowest BCUT2D eigenvalue weighted by Gasteiger charge is -2.28. The number of aryl methyl sites for hydroxylation is 1. The molecule has 0 radical (unpaired) electrons. The molecule has 1 unspecified atom stereocenters. The molecule has 2 fully saturated rings.